The highest BCUT2D eigenvalue weighted by molar-refractivity contribution is 6.46. The Kier molecular flexibility index (Phi) is 6.42. The zero-order chi connectivity index (χ0) is 23.7. The van der Waals surface area contributed by atoms with E-state index in [1.54, 1.807) is 12.1 Å². The van der Waals surface area contributed by atoms with Crippen molar-refractivity contribution >= 4 is 23.1 Å². The normalized spacial score (nSPS) is 19.2. The maximum absolute atomic E-state index is 13.1. The van der Waals surface area contributed by atoms with Gasteiger partial charge in [0.1, 0.15) is 11.5 Å². The van der Waals surface area contributed by atoms with Gasteiger partial charge in [-0.15, -0.1) is 0 Å². The summed E-state index contributed by atoms with van der Waals surface area (Å²) in [7, 11) is 3.89. The van der Waals surface area contributed by atoms with E-state index in [0.29, 0.717) is 18.8 Å². The number of carbonyl (C=O) groups is 2. The van der Waals surface area contributed by atoms with Crippen molar-refractivity contribution < 1.29 is 24.2 Å². The summed E-state index contributed by atoms with van der Waals surface area (Å²) in [5.41, 5.74) is 3.34. The summed E-state index contributed by atoms with van der Waals surface area (Å²) in [6, 6.07) is 12.3. The van der Waals surface area contributed by atoms with Crippen LogP contribution in [0.3, 0.4) is 0 Å². The number of ether oxygens (including phenoxy) is 2. The highest BCUT2D eigenvalue weighted by Gasteiger charge is 2.46. The Morgan fingerprint density at radius 3 is 2.58 bits per heavy atom. The summed E-state index contributed by atoms with van der Waals surface area (Å²) in [6.45, 7) is 4.98. The number of ketones is 1. The number of aliphatic hydroxyl groups excluding tert-OH is 1. The fraction of sp³-hybridized carbons (Fsp3) is 0.385. The Morgan fingerprint density at radius 1 is 1.18 bits per heavy atom. The monoisotopic (exact) mass is 450 g/mol. The molecule has 0 aliphatic carbocycles. The Balaban J connectivity index is 1.78. The number of aliphatic hydroxyl groups is 1. The largest absolute Gasteiger partial charge is 0.507 e. The lowest BCUT2D eigenvalue weighted by Crippen LogP contribution is -2.33. The molecule has 174 valence electrons. The molecule has 1 amide bonds. The van der Waals surface area contributed by atoms with Crippen molar-refractivity contribution in [2.45, 2.75) is 32.4 Å². The van der Waals surface area contributed by atoms with Crippen molar-refractivity contribution in [1.82, 2.24) is 4.90 Å². The Morgan fingerprint density at radius 2 is 1.91 bits per heavy atom. The quantitative estimate of drug-likeness (QED) is 0.395. The highest BCUT2D eigenvalue weighted by atomic mass is 16.5. The first-order valence-electron chi connectivity index (χ1n) is 11.2. The number of Topliss-reactive ketones (excluding diaryl/α,β-unsaturated/α-hetero) is 1. The number of benzene rings is 2. The lowest BCUT2D eigenvalue weighted by molar-refractivity contribution is -0.140. The molecule has 2 aliphatic rings. The van der Waals surface area contributed by atoms with E-state index in [0.717, 1.165) is 29.0 Å². The number of hydrogen-bond acceptors (Lipinski definition) is 6. The van der Waals surface area contributed by atoms with Crippen LogP contribution in [0.4, 0.5) is 5.69 Å². The van der Waals surface area contributed by atoms with Gasteiger partial charge in [0.15, 0.2) is 0 Å². The van der Waals surface area contributed by atoms with Gasteiger partial charge >= 0.3 is 0 Å². The van der Waals surface area contributed by atoms with Gasteiger partial charge in [0.25, 0.3) is 11.7 Å². The van der Waals surface area contributed by atoms with Crippen molar-refractivity contribution in [2.24, 2.45) is 0 Å². The number of fused-ring (bicyclic) bond motifs is 1. The summed E-state index contributed by atoms with van der Waals surface area (Å²) < 4.78 is 11.2. The molecule has 7 nitrogen and oxygen atoms in total. The standard InChI is InChI=1S/C26H30N2O5/c1-16(2)32-14-12-28-23(17-5-8-20(9-6-17)27(3)4)22(25(30)26(28)31)24(29)19-7-10-21-18(15-19)11-13-33-21/h5-10,15-16,23,29H,11-14H2,1-4H3/b24-22-. The lowest BCUT2D eigenvalue weighted by Gasteiger charge is -2.26. The fourth-order valence-corrected chi connectivity index (χ4v) is 4.29. The first-order valence-corrected chi connectivity index (χ1v) is 11.2. The van der Waals surface area contributed by atoms with Crippen LogP contribution in [0, 0.1) is 0 Å². The van der Waals surface area contributed by atoms with Gasteiger partial charge in [-0.05, 0) is 55.3 Å². The topological polar surface area (TPSA) is 79.3 Å². The molecule has 0 aromatic heterocycles. The molecular weight excluding hydrogens is 420 g/mol. The van der Waals surface area contributed by atoms with Crippen molar-refractivity contribution in [3.8, 4) is 5.75 Å². The first-order chi connectivity index (χ1) is 15.8. The smallest absolute Gasteiger partial charge is 0.295 e. The van der Waals surface area contributed by atoms with E-state index in [9.17, 15) is 14.7 Å². The van der Waals surface area contributed by atoms with Crippen molar-refractivity contribution in [3.05, 3.63) is 64.7 Å². The molecule has 1 atom stereocenters. The number of amides is 1. The summed E-state index contributed by atoms with van der Waals surface area (Å²) in [4.78, 5) is 29.6. The number of rotatable bonds is 7. The van der Waals surface area contributed by atoms with Crippen LogP contribution in [-0.2, 0) is 20.7 Å². The molecule has 1 fully saturated rings. The van der Waals surface area contributed by atoms with E-state index in [4.69, 9.17) is 9.47 Å². The predicted molar refractivity (Wildman–Crippen MR) is 127 cm³/mol. The molecule has 33 heavy (non-hydrogen) atoms. The van der Waals surface area contributed by atoms with Crippen LogP contribution in [0.5, 0.6) is 5.75 Å². The van der Waals surface area contributed by atoms with E-state index in [1.165, 1.54) is 4.90 Å². The van der Waals surface area contributed by atoms with E-state index >= 15 is 0 Å². The molecule has 0 saturated carbocycles. The van der Waals surface area contributed by atoms with Crippen molar-refractivity contribution in [3.63, 3.8) is 0 Å². The van der Waals surface area contributed by atoms with Crippen LogP contribution in [0.1, 0.15) is 36.6 Å². The number of carbonyl (C=O) groups excluding carboxylic acids is 2. The van der Waals surface area contributed by atoms with E-state index in [2.05, 4.69) is 0 Å². The second kappa shape index (κ2) is 9.27. The maximum Gasteiger partial charge on any atom is 0.295 e. The van der Waals surface area contributed by atoms with Gasteiger partial charge in [0.2, 0.25) is 0 Å². The van der Waals surface area contributed by atoms with Gasteiger partial charge in [0.05, 0.1) is 30.9 Å². The van der Waals surface area contributed by atoms with E-state index < -0.39 is 17.7 Å². The van der Waals surface area contributed by atoms with Gasteiger partial charge in [-0.2, -0.15) is 0 Å². The summed E-state index contributed by atoms with van der Waals surface area (Å²) in [6.07, 6.45) is 0.750. The average Bonchev–Trinajstić information content (AvgIpc) is 3.36. The molecule has 0 radical (unpaired) electrons. The van der Waals surface area contributed by atoms with E-state index in [-0.39, 0.29) is 24.0 Å². The Hall–Kier alpha value is -3.32. The summed E-state index contributed by atoms with van der Waals surface area (Å²) in [5.74, 6) is -0.698. The summed E-state index contributed by atoms with van der Waals surface area (Å²) in [5, 5.41) is 11.2. The third kappa shape index (κ3) is 4.46. The van der Waals surface area contributed by atoms with Gasteiger partial charge in [-0.3, -0.25) is 9.59 Å². The Bertz CT molecular complexity index is 1090. The average molecular weight is 451 g/mol. The second-order valence-electron chi connectivity index (χ2n) is 8.82. The molecule has 2 aliphatic heterocycles. The van der Waals surface area contributed by atoms with Crippen LogP contribution in [0.15, 0.2) is 48.0 Å². The zero-order valence-electron chi connectivity index (χ0n) is 19.5. The second-order valence-corrected chi connectivity index (χ2v) is 8.82. The Labute approximate surface area is 194 Å². The minimum Gasteiger partial charge on any atom is -0.507 e. The minimum absolute atomic E-state index is 0.00767. The molecule has 1 N–H and O–H groups in total. The minimum atomic E-state index is -0.693. The predicted octanol–water partition coefficient (Wildman–Crippen LogP) is 3.53. The number of likely N-dealkylation sites (tertiary alicyclic amines) is 1. The van der Waals surface area contributed by atoms with Crippen LogP contribution in [-0.4, -0.2) is 61.7 Å². The molecule has 0 bridgehead atoms. The molecule has 0 spiro atoms. The third-order valence-corrected chi connectivity index (χ3v) is 6.01. The zero-order valence-corrected chi connectivity index (χ0v) is 19.5. The fourth-order valence-electron chi connectivity index (χ4n) is 4.29. The van der Waals surface area contributed by atoms with Gasteiger partial charge in [-0.25, -0.2) is 0 Å². The van der Waals surface area contributed by atoms with Gasteiger partial charge < -0.3 is 24.4 Å². The molecule has 7 heteroatoms. The number of nitrogens with zero attached hydrogens (tertiary/aromatic N) is 2. The highest BCUT2D eigenvalue weighted by Crippen LogP contribution is 2.40. The van der Waals surface area contributed by atoms with Crippen LogP contribution >= 0.6 is 0 Å². The number of anilines is 1. The summed E-state index contributed by atoms with van der Waals surface area (Å²) >= 11 is 0. The molecule has 1 saturated heterocycles. The van der Waals surface area contributed by atoms with E-state index in [1.807, 2.05) is 63.2 Å². The van der Waals surface area contributed by atoms with Gasteiger partial charge in [0, 0.05) is 38.3 Å². The van der Waals surface area contributed by atoms with Crippen molar-refractivity contribution in [2.75, 3.05) is 38.8 Å². The molecule has 2 aromatic carbocycles. The molecule has 2 aromatic rings. The molecular formula is C26H30N2O5. The maximum atomic E-state index is 13.1. The number of hydrogen-bond donors (Lipinski definition) is 1. The SMILES string of the molecule is CC(C)OCCN1C(=O)C(=O)/C(=C(\O)c2ccc3c(c2)CCO3)C1c1ccc(N(C)C)cc1. The van der Waals surface area contributed by atoms with Crippen LogP contribution in [0.2, 0.25) is 0 Å². The van der Waals surface area contributed by atoms with Crippen molar-refractivity contribution in [1.29, 1.82) is 0 Å². The third-order valence-electron chi connectivity index (χ3n) is 6.01. The molecule has 4 rings (SSSR count). The van der Waals surface area contributed by atoms with Crippen LogP contribution in [0.25, 0.3) is 5.76 Å². The molecule has 2 heterocycles. The van der Waals surface area contributed by atoms with Gasteiger partial charge in [-0.1, -0.05) is 12.1 Å². The first kappa shape index (κ1) is 22.9. The van der Waals surface area contributed by atoms with Crippen LogP contribution < -0.4 is 9.64 Å². The molecule has 1 unspecified atom stereocenters. The lowest BCUT2D eigenvalue weighted by atomic mass is 9.94.